The number of rotatable bonds is 2. The number of likely N-dealkylation sites (tertiary alicyclic amines) is 1. The van der Waals surface area contributed by atoms with Crippen LogP contribution in [-0.2, 0) is 22.4 Å². The van der Waals surface area contributed by atoms with Crippen LogP contribution in [0, 0.1) is 11.3 Å². The summed E-state index contributed by atoms with van der Waals surface area (Å²) >= 11 is 1.60. The zero-order valence-electron chi connectivity index (χ0n) is 13.0. The van der Waals surface area contributed by atoms with Crippen LogP contribution in [0.25, 0.3) is 0 Å². The summed E-state index contributed by atoms with van der Waals surface area (Å²) in [5.74, 6) is -0.877. The lowest BCUT2D eigenvalue weighted by Crippen LogP contribution is -2.45. The second-order valence-corrected chi connectivity index (χ2v) is 8.07. The molecule has 5 nitrogen and oxygen atoms in total. The number of carboxylic acids is 1. The number of thiophene rings is 1. The number of amides is 1. The molecule has 0 spiro atoms. The van der Waals surface area contributed by atoms with Crippen molar-refractivity contribution in [2.75, 3.05) is 26.3 Å². The Morgan fingerprint density at radius 1 is 1.35 bits per heavy atom. The molecular weight excluding hydrogens is 314 g/mol. The molecule has 0 saturated carbocycles. The third-order valence-electron chi connectivity index (χ3n) is 5.63. The van der Waals surface area contributed by atoms with Crippen molar-refractivity contribution >= 4 is 23.2 Å². The molecule has 124 valence electrons. The molecule has 23 heavy (non-hydrogen) atoms. The number of carbonyl (C=O) groups is 2. The molecule has 1 aromatic rings. The molecule has 3 aliphatic rings. The van der Waals surface area contributed by atoms with E-state index in [1.807, 2.05) is 6.07 Å². The van der Waals surface area contributed by atoms with Crippen molar-refractivity contribution in [2.45, 2.75) is 32.1 Å². The molecule has 0 radical (unpaired) electrons. The van der Waals surface area contributed by atoms with E-state index in [2.05, 4.69) is 0 Å². The van der Waals surface area contributed by atoms with Crippen LogP contribution in [0.1, 0.15) is 39.4 Å². The smallest absolute Gasteiger partial charge is 0.311 e. The summed E-state index contributed by atoms with van der Waals surface area (Å²) in [4.78, 5) is 28.6. The fourth-order valence-corrected chi connectivity index (χ4v) is 5.43. The highest BCUT2D eigenvalue weighted by Crippen LogP contribution is 2.43. The molecule has 1 amide bonds. The van der Waals surface area contributed by atoms with Gasteiger partial charge in [-0.25, -0.2) is 0 Å². The monoisotopic (exact) mass is 335 g/mol. The van der Waals surface area contributed by atoms with E-state index in [1.54, 1.807) is 16.2 Å². The molecule has 3 heterocycles. The average molecular weight is 335 g/mol. The first-order valence-corrected chi connectivity index (χ1v) is 9.14. The molecule has 1 aromatic heterocycles. The molecule has 2 atom stereocenters. The maximum absolute atomic E-state index is 12.9. The maximum atomic E-state index is 12.9. The highest BCUT2D eigenvalue weighted by molar-refractivity contribution is 7.14. The van der Waals surface area contributed by atoms with E-state index in [0.717, 1.165) is 17.7 Å². The van der Waals surface area contributed by atoms with Crippen LogP contribution in [-0.4, -0.2) is 48.2 Å². The van der Waals surface area contributed by atoms with Crippen molar-refractivity contribution in [3.63, 3.8) is 0 Å². The molecule has 0 aromatic carbocycles. The van der Waals surface area contributed by atoms with Gasteiger partial charge in [0, 0.05) is 30.5 Å². The van der Waals surface area contributed by atoms with Crippen molar-refractivity contribution in [1.82, 2.24) is 4.90 Å². The summed E-state index contributed by atoms with van der Waals surface area (Å²) in [5.41, 5.74) is 0.502. The zero-order valence-corrected chi connectivity index (χ0v) is 13.9. The molecule has 2 saturated heterocycles. The first kappa shape index (κ1) is 15.1. The average Bonchev–Trinajstić information content (AvgIpc) is 3.16. The lowest BCUT2D eigenvalue weighted by atomic mass is 9.74. The fourth-order valence-electron chi connectivity index (χ4n) is 4.21. The van der Waals surface area contributed by atoms with Gasteiger partial charge in [0.1, 0.15) is 0 Å². The van der Waals surface area contributed by atoms with Gasteiger partial charge < -0.3 is 14.7 Å². The first-order valence-electron chi connectivity index (χ1n) is 8.32. The third kappa shape index (κ3) is 2.39. The predicted octanol–water partition coefficient (Wildman–Crippen LogP) is 2.19. The van der Waals surface area contributed by atoms with Gasteiger partial charge in [-0.15, -0.1) is 11.3 Å². The Kier molecular flexibility index (Phi) is 3.69. The van der Waals surface area contributed by atoms with E-state index in [-0.39, 0.29) is 11.8 Å². The number of ether oxygens (including phenoxy) is 1. The number of hydrogen-bond acceptors (Lipinski definition) is 4. The SMILES string of the molecule is O=C(c1cc2c(s1)CCCC2)N1C[C@H]2COCC[C@@]2(C(=O)O)C1. The topological polar surface area (TPSA) is 66.8 Å². The van der Waals surface area contributed by atoms with Crippen LogP contribution < -0.4 is 0 Å². The van der Waals surface area contributed by atoms with Gasteiger partial charge in [-0.1, -0.05) is 0 Å². The Bertz CT molecular complexity index is 632. The number of hydrogen-bond donors (Lipinski definition) is 1. The highest BCUT2D eigenvalue weighted by atomic mass is 32.1. The van der Waals surface area contributed by atoms with E-state index < -0.39 is 11.4 Å². The Morgan fingerprint density at radius 3 is 2.91 bits per heavy atom. The number of carbonyl (C=O) groups excluding carboxylic acids is 1. The summed E-state index contributed by atoms with van der Waals surface area (Å²) in [6, 6.07) is 2.04. The van der Waals surface area contributed by atoms with Crippen molar-refractivity contribution < 1.29 is 19.4 Å². The van der Waals surface area contributed by atoms with Crippen LogP contribution in [0.5, 0.6) is 0 Å². The molecular formula is C17H21NO4S. The van der Waals surface area contributed by atoms with E-state index in [4.69, 9.17) is 4.74 Å². The van der Waals surface area contributed by atoms with E-state index in [1.165, 1.54) is 23.3 Å². The normalized spacial score (nSPS) is 29.9. The quantitative estimate of drug-likeness (QED) is 0.900. The van der Waals surface area contributed by atoms with Crippen molar-refractivity contribution in [3.8, 4) is 0 Å². The third-order valence-corrected chi connectivity index (χ3v) is 6.85. The summed E-state index contributed by atoms with van der Waals surface area (Å²) in [5, 5.41) is 9.71. The Hall–Kier alpha value is -1.40. The number of aliphatic carboxylic acids is 1. The van der Waals surface area contributed by atoms with Crippen LogP contribution in [0.15, 0.2) is 6.07 Å². The fraction of sp³-hybridized carbons (Fsp3) is 0.647. The number of aryl methyl sites for hydroxylation is 2. The van der Waals surface area contributed by atoms with Crippen LogP contribution >= 0.6 is 11.3 Å². The minimum atomic E-state index is -0.815. The van der Waals surface area contributed by atoms with Gasteiger partial charge in [0.05, 0.1) is 16.9 Å². The maximum Gasteiger partial charge on any atom is 0.311 e. The van der Waals surface area contributed by atoms with E-state index >= 15 is 0 Å². The van der Waals surface area contributed by atoms with Gasteiger partial charge >= 0.3 is 5.97 Å². The number of fused-ring (bicyclic) bond motifs is 2. The zero-order chi connectivity index (χ0) is 16.0. The van der Waals surface area contributed by atoms with Gasteiger partial charge in [-0.2, -0.15) is 0 Å². The largest absolute Gasteiger partial charge is 0.481 e. The summed E-state index contributed by atoms with van der Waals surface area (Å²) in [7, 11) is 0. The summed E-state index contributed by atoms with van der Waals surface area (Å²) < 4.78 is 5.46. The second-order valence-electron chi connectivity index (χ2n) is 6.93. The van der Waals surface area contributed by atoms with Crippen molar-refractivity contribution in [2.24, 2.45) is 11.3 Å². The summed E-state index contributed by atoms with van der Waals surface area (Å²) in [6.45, 7) is 1.72. The standard InChI is InChI=1S/C17H21NO4S/c19-15(14-7-11-3-1-2-4-13(11)23-14)18-8-12-9-22-6-5-17(12,10-18)16(20)21/h7,12H,1-6,8-10H2,(H,20,21)/t12-,17+/m0/s1. The molecule has 0 bridgehead atoms. The molecule has 2 aliphatic heterocycles. The molecule has 0 unspecified atom stereocenters. The molecule has 4 rings (SSSR count). The molecule has 1 N–H and O–H groups in total. The number of nitrogens with zero attached hydrogens (tertiary/aromatic N) is 1. The van der Waals surface area contributed by atoms with E-state index in [0.29, 0.717) is 32.7 Å². The minimum Gasteiger partial charge on any atom is -0.481 e. The van der Waals surface area contributed by atoms with Gasteiger partial charge in [0.15, 0.2) is 0 Å². The van der Waals surface area contributed by atoms with Gasteiger partial charge in [-0.3, -0.25) is 9.59 Å². The summed E-state index contributed by atoms with van der Waals surface area (Å²) in [6.07, 6.45) is 5.03. The Balaban J connectivity index is 1.58. The van der Waals surface area contributed by atoms with Crippen LogP contribution in [0.3, 0.4) is 0 Å². The van der Waals surface area contributed by atoms with Crippen LogP contribution in [0.4, 0.5) is 0 Å². The van der Waals surface area contributed by atoms with Crippen molar-refractivity contribution in [1.29, 1.82) is 0 Å². The minimum absolute atomic E-state index is 0.000532. The lowest BCUT2D eigenvalue weighted by Gasteiger charge is -2.33. The van der Waals surface area contributed by atoms with Gasteiger partial charge in [0.25, 0.3) is 5.91 Å². The Labute approximate surface area is 139 Å². The molecule has 2 fully saturated rings. The molecule has 6 heteroatoms. The second kappa shape index (κ2) is 5.60. The highest BCUT2D eigenvalue weighted by Gasteiger charge is 2.55. The first-order chi connectivity index (χ1) is 11.1. The van der Waals surface area contributed by atoms with E-state index in [9.17, 15) is 14.7 Å². The van der Waals surface area contributed by atoms with Crippen molar-refractivity contribution in [3.05, 3.63) is 21.4 Å². The lowest BCUT2D eigenvalue weighted by molar-refractivity contribution is -0.157. The molecule has 1 aliphatic carbocycles. The van der Waals surface area contributed by atoms with Gasteiger partial charge in [0.2, 0.25) is 0 Å². The predicted molar refractivity (Wildman–Crippen MR) is 85.9 cm³/mol. The van der Waals surface area contributed by atoms with Crippen LogP contribution in [0.2, 0.25) is 0 Å². The number of carboxylic acid groups (broad SMARTS) is 1. The van der Waals surface area contributed by atoms with Gasteiger partial charge in [-0.05, 0) is 43.7 Å². The Morgan fingerprint density at radius 2 is 2.17 bits per heavy atom.